The molecule has 3 amide bonds. The Hall–Kier alpha value is -2.77. The van der Waals surface area contributed by atoms with Gasteiger partial charge in [-0.2, -0.15) is 0 Å². The summed E-state index contributed by atoms with van der Waals surface area (Å²) in [5.74, 6) is 0.632. The number of imide groups is 1. The monoisotopic (exact) mass is 334 g/mol. The molecule has 0 radical (unpaired) electrons. The highest BCUT2D eigenvalue weighted by molar-refractivity contribution is 5.98. The molecule has 2 fully saturated rings. The zero-order chi connectivity index (χ0) is 17.3. The number of rotatable bonds is 5. The molecule has 8 nitrogen and oxygen atoms in total. The summed E-state index contributed by atoms with van der Waals surface area (Å²) in [6.07, 6.45) is -0.610. The van der Waals surface area contributed by atoms with Gasteiger partial charge < -0.3 is 19.1 Å². The summed E-state index contributed by atoms with van der Waals surface area (Å²) in [4.78, 5) is 38.2. The van der Waals surface area contributed by atoms with Gasteiger partial charge in [0.2, 0.25) is 0 Å². The van der Waals surface area contributed by atoms with Crippen molar-refractivity contribution in [3.05, 3.63) is 23.8 Å². The molecule has 0 atom stereocenters. The van der Waals surface area contributed by atoms with Gasteiger partial charge >= 0.3 is 6.09 Å². The average molecular weight is 334 g/mol. The molecule has 0 aliphatic carbocycles. The summed E-state index contributed by atoms with van der Waals surface area (Å²) in [6, 6.07) is 5.02. The van der Waals surface area contributed by atoms with Crippen LogP contribution in [0.3, 0.4) is 0 Å². The fourth-order valence-corrected chi connectivity index (χ4v) is 2.81. The summed E-state index contributed by atoms with van der Waals surface area (Å²) in [6.45, 7) is 1.04. The van der Waals surface area contributed by atoms with Crippen molar-refractivity contribution in [1.29, 1.82) is 0 Å². The standard InChI is InChI=1S/C16H18N2O6/c1-22-11-3-4-12(13(5-11)23-2)15(20)17-6-10(7-17)8-18-14(19)9-24-16(18)21/h3-5,10H,6-9H2,1-2H3. The first-order valence-corrected chi connectivity index (χ1v) is 7.52. The molecule has 0 aromatic heterocycles. The van der Waals surface area contributed by atoms with E-state index in [1.165, 1.54) is 7.11 Å². The maximum absolute atomic E-state index is 12.6. The molecule has 0 unspecified atom stereocenters. The number of benzene rings is 1. The molecule has 0 saturated carbocycles. The molecule has 2 saturated heterocycles. The summed E-state index contributed by atoms with van der Waals surface area (Å²) in [5, 5.41) is 0. The smallest absolute Gasteiger partial charge is 0.417 e. The van der Waals surface area contributed by atoms with Crippen LogP contribution in [0.1, 0.15) is 10.4 Å². The first-order chi connectivity index (χ1) is 11.5. The number of hydrogen-bond acceptors (Lipinski definition) is 6. The van der Waals surface area contributed by atoms with E-state index < -0.39 is 6.09 Å². The van der Waals surface area contributed by atoms with E-state index in [9.17, 15) is 14.4 Å². The van der Waals surface area contributed by atoms with Crippen LogP contribution in [0.4, 0.5) is 4.79 Å². The van der Waals surface area contributed by atoms with E-state index in [-0.39, 0.29) is 30.9 Å². The predicted molar refractivity (Wildman–Crippen MR) is 82.0 cm³/mol. The minimum Gasteiger partial charge on any atom is -0.497 e. The van der Waals surface area contributed by atoms with E-state index in [0.717, 1.165) is 4.90 Å². The van der Waals surface area contributed by atoms with Crippen LogP contribution in [0.2, 0.25) is 0 Å². The normalized spacial score (nSPS) is 17.6. The largest absolute Gasteiger partial charge is 0.497 e. The van der Waals surface area contributed by atoms with Gasteiger partial charge in [-0.15, -0.1) is 0 Å². The topological polar surface area (TPSA) is 85.4 Å². The van der Waals surface area contributed by atoms with Crippen molar-refractivity contribution in [3.63, 3.8) is 0 Å². The van der Waals surface area contributed by atoms with Gasteiger partial charge in [-0.25, -0.2) is 9.69 Å². The highest BCUT2D eigenvalue weighted by Gasteiger charge is 2.38. The van der Waals surface area contributed by atoms with E-state index in [0.29, 0.717) is 30.2 Å². The zero-order valence-corrected chi connectivity index (χ0v) is 13.5. The Balaban J connectivity index is 1.60. The Morgan fingerprint density at radius 2 is 2.00 bits per heavy atom. The molecule has 2 aliphatic rings. The van der Waals surface area contributed by atoms with Crippen molar-refractivity contribution < 1.29 is 28.6 Å². The molecule has 1 aromatic rings. The summed E-state index contributed by atoms with van der Waals surface area (Å²) in [7, 11) is 3.04. The third-order valence-corrected chi connectivity index (χ3v) is 4.16. The fourth-order valence-electron chi connectivity index (χ4n) is 2.81. The van der Waals surface area contributed by atoms with Crippen LogP contribution >= 0.6 is 0 Å². The molecule has 2 aliphatic heterocycles. The van der Waals surface area contributed by atoms with Crippen molar-refractivity contribution in [2.75, 3.05) is 40.5 Å². The number of methoxy groups -OCH3 is 2. The third-order valence-electron chi connectivity index (χ3n) is 4.16. The number of hydrogen-bond donors (Lipinski definition) is 0. The number of likely N-dealkylation sites (tertiary alicyclic amines) is 1. The Morgan fingerprint density at radius 3 is 2.58 bits per heavy atom. The van der Waals surface area contributed by atoms with Gasteiger partial charge in [0.05, 0.1) is 19.8 Å². The number of amides is 3. The number of nitrogens with zero attached hydrogens (tertiary/aromatic N) is 2. The molecule has 0 bridgehead atoms. The SMILES string of the molecule is COc1ccc(C(=O)N2CC(CN3C(=O)COC3=O)C2)c(OC)c1. The van der Waals surface area contributed by atoms with Crippen molar-refractivity contribution in [1.82, 2.24) is 9.80 Å². The molecule has 24 heavy (non-hydrogen) atoms. The number of carbonyl (C=O) groups excluding carboxylic acids is 3. The minimum absolute atomic E-state index is 0.0628. The highest BCUT2D eigenvalue weighted by atomic mass is 16.6. The third kappa shape index (κ3) is 2.86. The number of cyclic esters (lactones) is 1. The average Bonchev–Trinajstić information content (AvgIpc) is 2.87. The van der Waals surface area contributed by atoms with Gasteiger partial charge in [0.1, 0.15) is 11.5 Å². The lowest BCUT2D eigenvalue weighted by molar-refractivity contribution is -0.126. The zero-order valence-electron chi connectivity index (χ0n) is 13.5. The summed E-state index contributed by atoms with van der Waals surface area (Å²) in [5.41, 5.74) is 0.452. The quantitative estimate of drug-likeness (QED) is 0.790. The second kappa shape index (κ2) is 6.38. The Bertz CT molecular complexity index is 667. The first-order valence-electron chi connectivity index (χ1n) is 7.52. The molecule has 3 rings (SSSR count). The van der Waals surface area contributed by atoms with Crippen molar-refractivity contribution in [2.24, 2.45) is 5.92 Å². The molecule has 128 valence electrons. The number of ether oxygens (including phenoxy) is 3. The van der Waals surface area contributed by atoms with E-state index >= 15 is 0 Å². The lowest BCUT2D eigenvalue weighted by Gasteiger charge is -2.40. The maximum Gasteiger partial charge on any atom is 0.417 e. The maximum atomic E-state index is 12.6. The van der Waals surface area contributed by atoms with Crippen LogP contribution in [-0.4, -0.2) is 68.2 Å². The predicted octanol–water partition coefficient (Wildman–Crippen LogP) is 0.755. The summed E-state index contributed by atoms with van der Waals surface area (Å²) < 4.78 is 15.0. The van der Waals surface area contributed by atoms with Crippen LogP contribution in [0.15, 0.2) is 18.2 Å². The van der Waals surface area contributed by atoms with Crippen LogP contribution in [0.25, 0.3) is 0 Å². The van der Waals surface area contributed by atoms with Gasteiger partial charge in [0.25, 0.3) is 11.8 Å². The Kier molecular flexibility index (Phi) is 4.28. The van der Waals surface area contributed by atoms with E-state index in [4.69, 9.17) is 9.47 Å². The van der Waals surface area contributed by atoms with Crippen molar-refractivity contribution >= 4 is 17.9 Å². The van der Waals surface area contributed by atoms with Crippen LogP contribution in [-0.2, 0) is 9.53 Å². The van der Waals surface area contributed by atoms with Gasteiger partial charge in [-0.1, -0.05) is 0 Å². The molecule has 8 heteroatoms. The molecular formula is C16H18N2O6. The Labute approximate surface area is 138 Å². The second-order valence-electron chi connectivity index (χ2n) is 5.70. The van der Waals surface area contributed by atoms with Crippen molar-refractivity contribution in [3.8, 4) is 11.5 Å². The van der Waals surface area contributed by atoms with Crippen molar-refractivity contribution in [2.45, 2.75) is 0 Å². The van der Waals surface area contributed by atoms with E-state index in [1.807, 2.05) is 0 Å². The second-order valence-corrected chi connectivity index (χ2v) is 5.70. The van der Waals surface area contributed by atoms with Crippen LogP contribution < -0.4 is 9.47 Å². The first kappa shape index (κ1) is 16.1. The molecule has 2 heterocycles. The van der Waals surface area contributed by atoms with Gasteiger partial charge in [-0.05, 0) is 12.1 Å². The number of carbonyl (C=O) groups is 3. The molecule has 0 N–H and O–H groups in total. The summed E-state index contributed by atoms with van der Waals surface area (Å²) >= 11 is 0. The van der Waals surface area contributed by atoms with Gasteiger partial charge in [-0.3, -0.25) is 9.59 Å². The van der Waals surface area contributed by atoms with E-state index in [2.05, 4.69) is 4.74 Å². The van der Waals surface area contributed by atoms with Crippen LogP contribution in [0.5, 0.6) is 11.5 Å². The molecule has 1 aromatic carbocycles. The lowest BCUT2D eigenvalue weighted by atomic mass is 9.98. The highest BCUT2D eigenvalue weighted by Crippen LogP contribution is 2.28. The fraction of sp³-hybridized carbons (Fsp3) is 0.438. The molecular weight excluding hydrogens is 316 g/mol. The molecule has 0 spiro atoms. The lowest BCUT2D eigenvalue weighted by Crippen LogP contribution is -2.54. The van der Waals surface area contributed by atoms with Crippen LogP contribution in [0, 0.1) is 5.92 Å². The van der Waals surface area contributed by atoms with Gasteiger partial charge in [0.15, 0.2) is 6.61 Å². The Morgan fingerprint density at radius 1 is 1.25 bits per heavy atom. The van der Waals surface area contributed by atoms with E-state index in [1.54, 1.807) is 30.2 Å². The minimum atomic E-state index is -0.610. The van der Waals surface area contributed by atoms with Gasteiger partial charge in [0, 0.05) is 31.6 Å².